The molecule has 116 valence electrons. The Morgan fingerprint density at radius 1 is 1.10 bits per heavy atom. The highest BCUT2D eigenvalue weighted by atomic mass is 16.2. The first kappa shape index (κ1) is 15.8. The van der Waals surface area contributed by atoms with E-state index < -0.39 is 0 Å². The van der Waals surface area contributed by atoms with E-state index in [0.29, 0.717) is 17.9 Å². The summed E-state index contributed by atoms with van der Waals surface area (Å²) in [6.07, 6.45) is 5.42. The molecule has 0 atom stereocenters. The predicted molar refractivity (Wildman–Crippen MR) is 82.7 cm³/mol. The molecule has 2 saturated heterocycles. The fourth-order valence-corrected chi connectivity index (χ4v) is 3.68. The molecule has 0 aromatic heterocycles. The van der Waals surface area contributed by atoms with Crippen molar-refractivity contribution in [1.29, 1.82) is 0 Å². The Morgan fingerprint density at radius 3 is 2.25 bits per heavy atom. The van der Waals surface area contributed by atoms with Gasteiger partial charge in [0.1, 0.15) is 0 Å². The number of piperidine rings is 2. The molecule has 20 heavy (non-hydrogen) atoms. The molecule has 4 nitrogen and oxygen atoms in total. The molecule has 0 bridgehead atoms. The monoisotopic (exact) mass is 281 g/mol. The first-order valence-corrected chi connectivity index (χ1v) is 8.47. The van der Waals surface area contributed by atoms with Gasteiger partial charge in [-0.3, -0.25) is 4.79 Å². The average Bonchev–Trinajstić information content (AvgIpc) is 2.50. The van der Waals surface area contributed by atoms with Gasteiger partial charge in [-0.15, -0.1) is 0 Å². The van der Waals surface area contributed by atoms with Crippen LogP contribution in [0.15, 0.2) is 0 Å². The second-order valence-corrected chi connectivity index (χ2v) is 6.23. The van der Waals surface area contributed by atoms with Gasteiger partial charge >= 0.3 is 0 Å². The highest BCUT2D eigenvalue weighted by Crippen LogP contribution is 2.21. The molecule has 2 heterocycles. The maximum Gasteiger partial charge on any atom is 0.222 e. The lowest BCUT2D eigenvalue weighted by Gasteiger charge is -2.38. The van der Waals surface area contributed by atoms with E-state index in [9.17, 15) is 4.79 Å². The van der Waals surface area contributed by atoms with E-state index >= 15 is 0 Å². The minimum Gasteiger partial charge on any atom is -0.343 e. The van der Waals surface area contributed by atoms with Crippen LogP contribution >= 0.6 is 0 Å². The standard InChI is InChI=1S/C16H31N3O/c1-3-18(4-2)15-7-11-19(12-8-15)16(20)13-14-5-9-17-10-6-14/h14-15,17H,3-13H2,1-2H3. The maximum absolute atomic E-state index is 12.4. The Labute approximate surface area is 123 Å². The molecule has 0 saturated carbocycles. The van der Waals surface area contributed by atoms with Gasteiger partial charge in [0.15, 0.2) is 0 Å². The number of hydrogen-bond acceptors (Lipinski definition) is 3. The molecule has 0 aromatic carbocycles. The van der Waals surface area contributed by atoms with Gasteiger partial charge in [0.2, 0.25) is 5.91 Å². The predicted octanol–water partition coefficient (Wildman–Crippen LogP) is 1.71. The first-order valence-electron chi connectivity index (χ1n) is 8.47. The molecule has 1 N–H and O–H groups in total. The summed E-state index contributed by atoms with van der Waals surface area (Å²) in [6.45, 7) is 10.8. The summed E-state index contributed by atoms with van der Waals surface area (Å²) >= 11 is 0. The molecular formula is C16H31N3O. The van der Waals surface area contributed by atoms with Gasteiger partial charge in [-0.05, 0) is 57.8 Å². The van der Waals surface area contributed by atoms with Crippen molar-refractivity contribution in [3.8, 4) is 0 Å². The zero-order valence-electron chi connectivity index (χ0n) is 13.2. The van der Waals surface area contributed by atoms with Crippen molar-refractivity contribution in [3.05, 3.63) is 0 Å². The topological polar surface area (TPSA) is 35.6 Å². The van der Waals surface area contributed by atoms with Crippen LogP contribution in [0.1, 0.15) is 46.0 Å². The molecule has 0 radical (unpaired) electrons. The Kier molecular flexibility index (Phi) is 6.30. The van der Waals surface area contributed by atoms with Crippen LogP contribution in [-0.4, -0.2) is 61.0 Å². The molecule has 0 spiro atoms. The molecule has 4 heteroatoms. The highest BCUT2D eigenvalue weighted by molar-refractivity contribution is 5.76. The van der Waals surface area contributed by atoms with E-state index in [1.54, 1.807) is 0 Å². The van der Waals surface area contributed by atoms with Crippen molar-refractivity contribution in [3.63, 3.8) is 0 Å². The third-order valence-electron chi connectivity index (χ3n) is 5.07. The number of likely N-dealkylation sites (tertiary alicyclic amines) is 1. The van der Waals surface area contributed by atoms with Crippen molar-refractivity contribution in [2.75, 3.05) is 39.3 Å². The van der Waals surface area contributed by atoms with Gasteiger partial charge in [0.05, 0.1) is 0 Å². The Morgan fingerprint density at radius 2 is 1.70 bits per heavy atom. The van der Waals surface area contributed by atoms with E-state index in [2.05, 4.69) is 29.0 Å². The van der Waals surface area contributed by atoms with E-state index in [1.165, 1.54) is 12.8 Å². The van der Waals surface area contributed by atoms with Crippen LogP contribution in [-0.2, 0) is 4.79 Å². The van der Waals surface area contributed by atoms with E-state index in [1.807, 2.05) is 0 Å². The largest absolute Gasteiger partial charge is 0.343 e. The summed E-state index contributed by atoms with van der Waals surface area (Å²) in [6, 6.07) is 0.688. The van der Waals surface area contributed by atoms with Gasteiger partial charge in [-0.1, -0.05) is 13.8 Å². The fourth-order valence-electron chi connectivity index (χ4n) is 3.68. The molecule has 2 aliphatic heterocycles. The van der Waals surface area contributed by atoms with Crippen molar-refractivity contribution in [1.82, 2.24) is 15.1 Å². The molecule has 2 aliphatic rings. The molecule has 0 unspecified atom stereocenters. The van der Waals surface area contributed by atoms with Gasteiger partial charge in [0, 0.05) is 25.6 Å². The molecule has 0 aliphatic carbocycles. The Bertz CT molecular complexity index is 290. The van der Waals surface area contributed by atoms with Gasteiger partial charge in [-0.2, -0.15) is 0 Å². The van der Waals surface area contributed by atoms with Crippen molar-refractivity contribution in [2.24, 2.45) is 5.92 Å². The molecule has 2 rings (SSSR count). The average molecular weight is 281 g/mol. The molecule has 0 aromatic rings. The quantitative estimate of drug-likeness (QED) is 0.833. The van der Waals surface area contributed by atoms with Crippen molar-refractivity contribution in [2.45, 2.75) is 52.0 Å². The summed E-state index contributed by atoms with van der Waals surface area (Å²) < 4.78 is 0. The third kappa shape index (κ3) is 4.19. The highest BCUT2D eigenvalue weighted by Gasteiger charge is 2.27. The van der Waals surface area contributed by atoms with E-state index in [-0.39, 0.29) is 0 Å². The van der Waals surface area contributed by atoms with Crippen molar-refractivity contribution < 1.29 is 4.79 Å². The Balaban J connectivity index is 1.73. The van der Waals surface area contributed by atoms with Crippen LogP contribution in [0.5, 0.6) is 0 Å². The smallest absolute Gasteiger partial charge is 0.222 e. The van der Waals surface area contributed by atoms with E-state index in [4.69, 9.17) is 0 Å². The summed E-state index contributed by atoms with van der Waals surface area (Å²) in [7, 11) is 0. The van der Waals surface area contributed by atoms with Crippen LogP contribution in [0.4, 0.5) is 0 Å². The minimum atomic E-state index is 0.398. The summed E-state index contributed by atoms with van der Waals surface area (Å²) in [5, 5.41) is 3.37. The Hall–Kier alpha value is -0.610. The molecular weight excluding hydrogens is 250 g/mol. The number of rotatable bonds is 5. The second kappa shape index (κ2) is 7.99. The third-order valence-corrected chi connectivity index (χ3v) is 5.07. The van der Waals surface area contributed by atoms with E-state index in [0.717, 1.165) is 58.5 Å². The molecule has 1 amide bonds. The van der Waals surface area contributed by atoms with Crippen LogP contribution in [0.3, 0.4) is 0 Å². The van der Waals surface area contributed by atoms with Gasteiger partial charge in [-0.25, -0.2) is 0 Å². The lowest BCUT2D eigenvalue weighted by atomic mass is 9.93. The lowest BCUT2D eigenvalue weighted by Crippen LogP contribution is -2.47. The van der Waals surface area contributed by atoms with Crippen molar-refractivity contribution >= 4 is 5.91 Å². The second-order valence-electron chi connectivity index (χ2n) is 6.23. The van der Waals surface area contributed by atoms with Crippen LogP contribution in [0, 0.1) is 5.92 Å². The SMILES string of the molecule is CCN(CC)C1CCN(C(=O)CC2CCNCC2)CC1. The number of hydrogen-bond donors (Lipinski definition) is 1. The van der Waals surface area contributed by atoms with Gasteiger partial charge < -0.3 is 15.1 Å². The zero-order chi connectivity index (χ0) is 14.4. The molecule has 2 fully saturated rings. The minimum absolute atomic E-state index is 0.398. The number of nitrogens with zero attached hydrogens (tertiary/aromatic N) is 2. The van der Waals surface area contributed by atoms with Crippen LogP contribution < -0.4 is 5.32 Å². The summed E-state index contributed by atoms with van der Waals surface area (Å²) in [5.41, 5.74) is 0. The fraction of sp³-hybridized carbons (Fsp3) is 0.938. The number of amides is 1. The summed E-state index contributed by atoms with van der Waals surface area (Å²) in [5.74, 6) is 1.01. The van der Waals surface area contributed by atoms with Crippen LogP contribution in [0.25, 0.3) is 0 Å². The number of carbonyl (C=O) groups excluding carboxylic acids is 1. The number of carbonyl (C=O) groups is 1. The maximum atomic E-state index is 12.4. The first-order chi connectivity index (χ1) is 9.74. The van der Waals surface area contributed by atoms with Gasteiger partial charge in [0.25, 0.3) is 0 Å². The van der Waals surface area contributed by atoms with Crippen LogP contribution in [0.2, 0.25) is 0 Å². The normalized spacial score (nSPS) is 22.4. The number of nitrogens with one attached hydrogen (secondary N) is 1. The summed E-state index contributed by atoms with van der Waals surface area (Å²) in [4.78, 5) is 17.0. The zero-order valence-corrected chi connectivity index (χ0v) is 13.2. The lowest BCUT2D eigenvalue weighted by molar-refractivity contribution is -0.134.